The molecule has 196 valence electrons. The van der Waals surface area contributed by atoms with E-state index in [-0.39, 0.29) is 36.7 Å². The van der Waals surface area contributed by atoms with Gasteiger partial charge in [0.05, 0.1) is 29.1 Å². The monoisotopic (exact) mass is 525 g/mol. The lowest BCUT2D eigenvalue weighted by molar-refractivity contribution is -0.144. The lowest BCUT2D eigenvalue weighted by atomic mass is 10.1. The van der Waals surface area contributed by atoms with Crippen LogP contribution in [0.4, 0.5) is 26.3 Å². The molecule has 0 radical (unpaired) electrons. The van der Waals surface area contributed by atoms with Crippen LogP contribution in [0.2, 0.25) is 0 Å². The maximum Gasteiger partial charge on any atom is 0.416 e. The van der Waals surface area contributed by atoms with Gasteiger partial charge in [0.2, 0.25) is 0 Å². The minimum absolute atomic E-state index is 0.0182. The molecule has 0 N–H and O–H groups in total. The zero-order valence-corrected chi connectivity index (χ0v) is 19.4. The van der Waals surface area contributed by atoms with Gasteiger partial charge in [0, 0.05) is 17.8 Å². The zero-order valence-electron chi connectivity index (χ0n) is 19.4. The molecular formula is C25H21F6N3O3. The topological polar surface area (TPSA) is 58.3 Å². The molecule has 0 amide bonds. The van der Waals surface area contributed by atoms with E-state index in [4.69, 9.17) is 9.47 Å². The molecule has 4 rings (SSSR count). The van der Waals surface area contributed by atoms with Gasteiger partial charge in [0.1, 0.15) is 25.4 Å². The van der Waals surface area contributed by atoms with Crippen LogP contribution < -0.4 is 4.74 Å². The summed E-state index contributed by atoms with van der Waals surface area (Å²) in [5.41, 5.74) is 0.176. The van der Waals surface area contributed by atoms with Gasteiger partial charge in [-0.2, -0.15) is 31.4 Å². The van der Waals surface area contributed by atoms with E-state index in [0.717, 1.165) is 34.3 Å². The number of aromatic nitrogens is 3. The van der Waals surface area contributed by atoms with Gasteiger partial charge >= 0.3 is 18.3 Å². The number of alkyl halides is 6. The van der Waals surface area contributed by atoms with Crippen molar-refractivity contribution in [2.45, 2.75) is 39.0 Å². The number of hydrogen-bond acceptors (Lipinski definition) is 4. The molecule has 0 bridgehead atoms. The van der Waals surface area contributed by atoms with Crippen molar-refractivity contribution < 1.29 is 40.6 Å². The molecule has 0 saturated heterocycles. The Morgan fingerprint density at radius 1 is 0.973 bits per heavy atom. The van der Waals surface area contributed by atoms with Crippen LogP contribution in [0.3, 0.4) is 0 Å². The maximum absolute atomic E-state index is 13.2. The number of nitrogens with zero attached hydrogens (tertiary/aromatic N) is 3. The summed E-state index contributed by atoms with van der Waals surface area (Å²) in [5, 5.41) is 4.78. The Hall–Kier alpha value is -3.96. The molecule has 37 heavy (non-hydrogen) atoms. The second-order valence-electron chi connectivity index (χ2n) is 8.13. The van der Waals surface area contributed by atoms with Gasteiger partial charge < -0.3 is 14.0 Å². The van der Waals surface area contributed by atoms with Gasteiger partial charge in [0.15, 0.2) is 0 Å². The number of rotatable bonds is 8. The number of benzene rings is 2. The summed E-state index contributed by atoms with van der Waals surface area (Å²) in [4.78, 5) is 11.9. The number of carbonyl (C=O) groups is 1. The molecule has 2 aromatic carbocycles. The highest BCUT2D eigenvalue weighted by molar-refractivity contribution is 5.83. The summed E-state index contributed by atoms with van der Waals surface area (Å²) in [7, 11) is 0. The van der Waals surface area contributed by atoms with Crippen molar-refractivity contribution in [2.24, 2.45) is 0 Å². The lowest BCUT2D eigenvalue weighted by Gasteiger charge is -2.12. The van der Waals surface area contributed by atoms with E-state index in [9.17, 15) is 31.1 Å². The Morgan fingerprint density at radius 2 is 1.70 bits per heavy atom. The second-order valence-corrected chi connectivity index (χ2v) is 8.13. The molecule has 0 atom stereocenters. The first-order valence-electron chi connectivity index (χ1n) is 11.1. The third kappa shape index (κ3) is 6.43. The third-order valence-electron chi connectivity index (χ3n) is 5.44. The SMILES string of the molecule is CCOC(=O)Cn1ccc2ccc(OCc3cc(-c4ccc(C(F)(F)F)cc4)nn3CC(F)(F)F)cc21. The van der Waals surface area contributed by atoms with Crippen molar-refractivity contribution in [3.05, 3.63) is 72.1 Å². The molecule has 0 spiro atoms. The molecule has 4 aromatic rings. The molecule has 0 aliphatic carbocycles. The molecule has 2 aromatic heterocycles. The van der Waals surface area contributed by atoms with Crippen molar-refractivity contribution in [3.63, 3.8) is 0 Å². The smallest absolute Gasteiger partial charge is 0.416 e. The van der Waals surface area contributed by atoms with E-state index in [2.05, 4.69) is 5.10 Å². The van der Waals surface area contributed by atoms with E-state index < -0.39 is 30.4 Å². The van der Waals surface area contributed by atoms with Crippen molar-refractivity contribution >= 4 is 16.9 Å². The second kappa shape index (κ2) is 10.2. The van der Waals surface area contributed by atoms with Gasteiger partial charge in [0.25, 0.3) is 0 Å². The van der Waals surface area contributed by atoms with Gasteiger partial charge in [-0.3, -0.25) is 9.48 Å². The summed E-state index contributed by atoms with van der Waals surface area (Å²) < 4.78 is 91.1. The van der Waals surface area contributed by atoms with E-state index in [0.29, 0.717) is 11.3 Å². The fraction of sp³-hybridized carbons (Fsp3) is 0.280. The van der Waals surface area contributed by atoms with Gasteiger partial charge in [-0.05, 0) is 48.7 Å². The van der Waals surface area contributed by atoms with E-state index >= 15 is 0 Å². The van der Waals surface area contributed by atoms with Crippen molar-refractivity contribution in [1.29, 1.82) is 0 Å². The molecule has 0 aliphatic rings. The third-order valence-corrected chi connectivity index (χ3v) is 5.44. The number of halogens is 6. The average Bonchev–Trinajstić information content (AvgIpc) is 3.40. The van der Waals surface area contributed by atoms with Crippen LogP contribution in [0.5, 0.6) is 5.75 Å². The minimum atomic E-state index is -4.58. The fourth-order valence-electron chi connectivity index (χ4n) is 3.74. The first-order valence-corrected chi connectivity index (χ1v) is 11.1. The van der Waals surface area contributed by atoms with E-state index in [1.54, 1.807) is 42.0 Å². The van der Waals surface area contributed by atoms with Crippen LogP contribution in [0.15, 0.2) is 60.8 Å². The largest absolute Gasteiger partial charge is 0.487 e. The highest BCUT2D eigenvalue weighted by atomic mass is 19.4. The summed E-state index contributed by atoms with van der Waals surface area (Å²) in [6, 6.07) is 12.2. The van der Waals surface area contributed by atoms with Crippen LogP contribution in [0.1, 0.15) is 18.2 Å². The average molecular weight is 525 g/mol. The lowest BCUT2D eigenvalue weighted by Crippen LogP contribution is -2.21. The van der Waals surface area contributed by atoms with Crippen LogP contribution in [-0.2, 0) is 35.4 Å². The van der Waals surface area contributed by atoms with Crippen LogP contribution in [0.25, 0.3) is 22.2 Å². The highest BCUT2D eigenvalue weighted by Crippen LogP contribution is 2.31. The normalized spacial score (nSPS) is 12.2. The van der Waals surface area contributed by atoms with Crippen molar-refractivity contribution in [3.8, 4) is 17.0 Å². The van der Waals surface area contributed by atoms with Gasteiger partial charge in [-0.25, -0.2) is 0 Å². The molecule has 0 saturated carbocycles. The van der Waals surface area contributed by atoms with E-state index in [1.807, 2.05) is 0 Å². The number of carbonyl (C=O) groups excluding carboxylic acids is 1. The summed E-state index contributed by atoms with van der Waals surface area (Å²) in [6.45, 7) is 0.244. The Balaban J connectivity index is 1.57. The first-order chi connectivity index (χ1) is 17.4. The van der Waals surface area contributed by atoms with Gasteiger partial charge in [-0.15, -0.1) is 0 Å². The summed E-state index contributed by atoms with van der Waals surface area (Å²) in [5.74, 6) is -0.0784. The number of fused-ring (bicyclic) bond motifs is 1. The number of esters is 1. The summed E-state index contributed by atoms with van der Waals surface area (Å²) >= 11 is 0. The Kier molecular flexibility index (Phi) is 7.19. The van der Waals surface area contributed by atoms with Gasteiger partial charge in [-0.1, -0.05) is 12.1 Å². The molecule has 0 unspecified atom stereocenters. The molecular weight excluding hydrogens is 504 g/mol. The quantitative estimate of drug-likeness (QED) is 0.202. The predicted molar refractivity (Wildman–Crippen MR) is 122 cm³/mol. The highest BCUT2D eigenvalue weighted by Gasteiger charge is 2.31. The predicted octanol–water partition coefficient (Wildman–Crippen LogP) is 6.23. The fourth-order valence-corrected chi connectivity index (χ4v) is 3.74. The Labute approximate surface area is 207 Å². The standard InChI is InChI=1S/C25H21F6N3O3/c1-2-36-23(35)13-33-10-9-17-5-8-20(12-22(17)33)37-14-19-11-21(32-34(19)15-24(26,27)28)16-3-6-18(7-4-16)25(29,30)31/h3-12H,2,13-15H2,1H3. The first kappa shape index (κ1) is 26.1. The Bertz CT molecular complexity index is 1390. The molecule has 6 nitrogen and oxygen atoms in total. The van der Waals surface area contributed by atoms with Crippen LogP contribution in [-0.4, -0.2) is 33.1 Å². The van der Waals surface area contributed by atoms with E-state index in [1.165, 1.54) is 6.07 Å². The van der Waals surface area contributed by atoms with Crippen molar-refractivity contribution in [1.82, 2.24) is 14.3 Å². The minimum Gasteiger partial charge on any atom is -0.487 e. The molecule has 12 heteroatoms. The molecule has 2 heterocycles. The van der Waals surface area contributed by atoms with Crippen LogP contribution >= 0.6 is 0 Å². The number of hydrogen-bond donors (Lipinski definition) is 0. The Morgan fingerprint density at radius 3 is 2.35 bits per heavy atom. The molecule has 0 fully saturated rings. The maximum atomic E-state index is 13.2. The number of ether oxygens (including phenoxy) is 2. The van der Waals surface area contributed by atoms with Crippen LogP contribution in [0, 0.1) is 0 Å². The molecule has 0 aliphatic heterocycles. The summed E-state index contributed by atoms with van der Waals surface area (Å²) in [6.07, 6.45) is -7.41. The van der Waals surface area contributed by atoms with Crippen molar-refractivity contribution in [2.75, 3.05) is 6.61 Å². The zero-order chi connectivity index (χ0) is 26.8.